The topological polar surface area (TPSA) is 63.6 Å². The molecule has 0 bridgehead atoms. The van der Waals surface area contributed by atoms with E-state index in [2.05, 4.69) is 34.3 Å². The molecular formula is C20H24N4O. The fourth-order valence-corrected chi connectivity index (χ4v) is 2.71. The molecule has 0 saturated carbocycles. The zero-order valence-corrected chi connectivity index (χ0v) is 14.7. The molecular weight excluding hydrogens is 312 g/mol. The summed E-state index contributed by atoms with van der Waals surface area (Å²) < 4.78 is 0. The summed E-state index contributed by atoms with van der Waals surface area (Å²) >= 11 is 0. The predicted octanol–water partition coefficient (Wildman–Crippen LogP) is 3.99. The number of benzene rings is 2. The minimum atomic E-state index is 0.143. The summed E-state index contributed by atoms with van der Waals surface area (Å²) in [6.45, 7) is 2.02. The van der Waals surface area contributed by atoms with E-state index in [9.17, 15) is 5.11 Å². The van der Waals surface area contributed by atoms with Crippen molar-refractivity contribution in [2.45, 2.75) is 6.42 Å². The summed E-state index contributed by atoms with van der Waals surface area (Å²) in [5.41, 5.74) is 3.55. The summed E-state index contributed by atoms with van der Waals surface area (Å²) in [4.78, 5) is 9.62. The van der Waals surface area contributed by atoms with Gasteiger partial charge in [0.2, 0.25) is 0 Å². The van der Waals surface area contributed by atoms with Gasteiger partial charge < -0.3 is 20.3 Å². The third kappa shape index (κ3) is 4.39. The number of H-pyrrole nitrogens is 1. The monoisotopic (exact) mass is 336 g/mol. The molecule has 0 saturated heterocycles. The quantitative estimate of drug-likeness (QED) is 0.451. The molecule has 1 heterocycles. The molecule has 5 heteroatoms. The Morgan fingerprint density at radius 1 is 1.12 bits per heavy atom. The molecule has 0 aliphatic rings. The molecule has 0 aliphatic carbocycles. The Hall–Kier alpha value is -2.79. The van der Waals surface area contributed by atoms with E-state index in [4.69, 9.17) is 0 Å². The van der Waals surface area contributed by atoms with Crippen molar-refractivity contribution in [1.82, 2.24) is 9.88 Å². The Kier molecular flexibility index (Phi) is 5.36. The Morgan fingerprint density at radius 2 is 1.88 bits per heavy atom. The Labute approximate surface area is 148 Å². The van der Waals surface area contributed by atoms with Crippen LogP contribution in [0.2, 0.25) is 0 Å². The number of rotatable bonds is 7. The third-order valence-corrected chi connectivity index (χ3v) is 4.05. The number of para-hydroxylation sites is 1. The van der Waals surface area contributed by atoms with Gasteiger partial charge in [-0.2, -0.15) is 0 Å². The van der Waals surface area contributed by atoms with Crippen LogP contribution in [0.4, 0.5) is 11.4 Å². The van der Waals surface area contributed by atoms with Gasteiger partial charge in [0, 0.05) is 29.3 Å². The number of nitrogens with zero attached hydrogens (tertiary/aromatic N) is 2. The summed E-state index contributed by atoms with van der Waals surface area (Å²) in [5.74, 6) is 0.143. The highest BCUT2D eigenvalue weighted by molar-refractivity contribution is 6.02. The summed E-state index contributed by atoms with van der Waals surface area (Å²) in [6, 6.07) is 15.8. The van der Waals surface area contributed by atoms with Gasteiger partial charge in [0.05, 0.1) is 11.3 Å². The van der Waals surface area contributed by atoms with Gasteiger partial charge in [0.25, 0.3) is 0 Å². The fraction of sp³-hybridized carbons (Fsp3) is 0.250. The van der Waals surface area contributed by atoms with Gasteiger partial charge in [-0.15, -0.1) is 0 Å². The van der Waals surface area contributed by atoms with Crippen LogP contribution >= 0.6 is 0 Å². The highest BCUT2D eigenvalue weighted by atomic mass is 16.3. The van der Waals surface area contributed by atoms with E-state index in [-0.39, 0.29) is 5.88 Å². The first-order chi connectivity index (χ1) is 12.1. The zero-order valence-electron chi connectivity index (χ0n) is 14.7. The average Bonchev–Trinajstić information content (AvgIpc) is 2.93. The largest absolute Gasteiger partial charge is 0.494 e. The Balaban J connectivity index is 1.64. The Bertz CT molecular complexity index is 850. The van der Waals surface area contributed by atoms with E-state index in [0.717, 1.165) is 41.8 Å². The van der Waals surface area contributed by atoms with Gasteiger partial charge in [-0.3, -0.25) is 4.99 Å². The number of aliphatic imine (C=N–C) groups is 1. The van der Waals surface area contributed by atoms with Crippen LogP contribution in [0.3, 0.4) is 0 Å². The molecule has 0 atom stereocenters. The van der Waals surface area contributed by atoms with Gasteiger partial charge in [0.1, 0.15) is 0 Å². The van der Waals surface area contributed by atoms with Gasteiger partial charge in [0.15, 0.2) is 5.88 Å². The number of fused-ring (bicyclic) bond motifs is 1. The first kappa shape index (κ1) is 17.0. The summed E-state index contributed by atoms with van der Waals surface area (Å²) in [6.07, 6.45) is 2.81. The number of aromatic amines is 1. The minimum Gasteiger partial charge on any atom is -0.494 e. The second-order valence-corrected chi connectivity index (χ2v) is 6.32. The van der Waals surface area contributed by atoms with Crippen LogP contribution in [0.15, 0.2) is 53.5 Å². The van der Waals surface area contributed by atoms with E-state index >= 15 is 0 Å². The number of hydrogen-bond acceptors (Lipinski definition) is 4. The number of anilines is 1. The molecule has 0 radical (unpaired) electrons. The van der Waals surface area contributed by atoms with Crippen molar-refractivity contribution in [2.75, 3.05) is 32.5 Å². The Morgan fingerprint density at radius 3 is 2.64 bits per heavy atom. The first-order valence-corrected chi connectivity index (χ1v) is 8.46. The standard InChI is InChI=1S/C20H24N4O/c1-24(2)13-5-12-21-15-8-10-16(11-9-15)22-14-18-17-6-3-4-7-19(17)23-20(18)25/h3-4,6-11,14,21,23,25H,5,12-13H2,1-2H3. The van der Waals surface area contributed by atoms with E-state index in [1.807, 2.05) is 48.5 Å². The lowest BCUT2D eigenvalue weighted by Gasteiger charge is -2.10. The summed E-state index contributed by atoms with van der Waals surface area (Å²) in [7, 11) is 4.16. The molecule has 1 aromatic heterocycles. The lowest BCUT2D eigenvalue weighted by Crippen LogP contribution is -2.16. The molecule has 25 heavy (non-hydrogen) atoms. The maximum Gasteiger partial charge on any atom is 0.198 e. The maximum atomic E-state index is 10.1. The van der Waals surface area contributed by atoms with Crippen LogP contribution < -0.4 is 5.32 Å². The number of hydrogen-bond donors (Lipinski definition) is 3. The van der Waals surface area contributed by atoms with Crippen LogP contribution in [0.25, 0.3) is 10.9 Å². The zero-order chi connectivity index (χ0) is 17.6. The predicted molar refractivity (Wildman–Crippen MR) is 105 cm³/mol. The first-order valence-electron chi connectivity index (χ1n) is 8.46. The number of aromatic nitrogens is 1. The van der Waals surface area contributed by atoms with E-state index < -0.39 is 0 Å². The lowest BCUT2D eigenvalue weighted by atomic mass is 10.2. The maximum absolute atomic E-state index is 10.1. The molecule has 130 valence electrons. The normalized spacial score (nSPS) is 11.6. The smallest absolute Gasteiger partial charge is 0.198 e. The van der Waals surface area contributed by atoms with Crippen LogP contribution in [-0.2, 0) is 0 Å². The van der Waals surface area contributed by atoms with Crippen molar-refractivity contribution in [3.63, 3.8) is 0 Å². The molecule has 0 fully saturated rings. The summed E-state index contributed by atoms with van der Waals surface area (Å²) in [5, 5.41) is 14.4. The molecule has 0 spiro atoms. The van der Waals surface area contributed by atoms with Crippen LogP contribution in [0.5, 0.6) is 5.88 Å². The van der Waals surface area contributed by atoms with Gasteiger partial charge in [-0.05, 0) is 57.4 Å². The lowest BCUT2D eigenvalue weighted by molar-refractivity contribution is 0.405. The van der Waals surface area contributed by atoms with E-state index in [1.165, 1.54) is 0 Å². The molecule has 3 N–H and O–H groups in total. The highest BCUT2D eigenvalue weighted by Gasteiger charge is 2.07. The molecule has 0 unspecified atom stereocenters. The van der Waals surface area contributed by atoms with E-state index in [0.29, 0.717) is 5.56 Å². The van der Waals surface area contributed by atoms with Gasteiger partial charge >= 0.3 is 0 Å². The molecule has 3 aromatic rings. The van der Waals surface area contributed by atoms with Crippen molar-refractivity contribution in [1.29, 1.82) is 0 Å². The SMILES string of the molecule is CN(C)CCCNc1ccc(N=Cc2c(O)[nH]c3ccccc23)cc1. The van der Waals surface area contributed by atoms with Crippen LogP contribution in [0.1, 0.15) is 12.0 Å². The van der Waals surface area contributed by atoms with Crippen molar-refractivity contribution in [3.05, 3.63) is 54.1 Å². The van der Waals surface area contributed by atoms with Crippen LogP contribution in [0, 0.1) is 0 Å². The second kappa shape index (κ2) is 7.85. The highest BCUT2D eigenvalue weighted by Crippen LogP contribution is 2.26. The average molecular weight is 336 g/mol. The molecule has 2 aromatic carbocycles. The van der Waals surface area contributed by atoms with Crippen molar-refractivity contribution in [2.24, 2.45) is 4.99 Å². The van der Waals surface area contributed by atoms with Crippen LogP contribution in [-0.4, -0.2) is 48.4 Å². The third-order valence-electron chi connectivity index (χ3n) is 4.05. The number of nitrogens with one attached hydrogen (secondary N) is 2. The molecule has 3 rings (SSSR count). The molecule has 5 nitrogen and oxygen atoms in total. The fourth-order valence-electron chi connectivity index (χ4n) is 2.71. The molecule has 0 amide bonds. The minimum absolute atomic E-state index is 0.143. The van der Waals surface area contributed by atoms with E-state index in [1.54, 1.807) is 6.21 Å². The van der Waals surface area contributed by atoms with Gasteiger partial charge in [-0.25, -0.2) is 0 Å². The van der Waals surface area contributed by atoms with Crippen molar-refractivity contribution < 1.29 is 5.11 Å². The van der Waals surface area contributed by atoms with Crippen molar-refractivity contribution >= 4 is 28.5 Å². The van der Waals surface area contributed by atoms with Gasteiger partial charge in [-0.1, -0.05) is 18.2 Å². The second-order valence-electron chi connectivity index (χ2n) is 6.32. The molecule has 0 aliphatic heterocycles. The number of aromatic hydroxyl groups is 1. The van der Waals surface area contributed by atoms with Crippen molar-refractivity contribution in [3.8, 4) is 5.88 Å².